The molecule has 0 amide bonds. The molecule has 0 aromatic heterocycles. The molecule has 0 saturated carbocycles. The maximum Gasteiger partial charge on any atom is 0.306 e. The van der Waals surface area contributed by atoms with Gasteiger partial charge >= 0.3 is 17.9 Å². The van der Waals surface area contributed by atoms with E-state index >= 15 is 0 Å². The fraction of sp³-hybridized carbons (Fsp3) is 0.727. The molecule has 0 N–H and O–H groups in total. The van der Waals surface area contributed by atoms with Crippen LogP contribution >= 0.6 is 0 Å². The zero-order valence-corrected chi connectivity index (χ0v) is 54.7. The summed E-state index contributed by atoms with van der Waals surface area (Å²) in [6, 6.07) is 0. The molecule has 83 heavy (non-hydrogen) atoms. The molecular weight excluding hydrogens is 1020 g/mol. The Balaban J connectivity index is 4.44. The Kier molecular flexibility index (Phi) is 67.2. The molecule has 0 aliphatic rings. The van der Waals surface area contributed by atoms with E-state index in [1.165, 1.54) is 193 Å². The van der Waals surface area contributed by atoms with Crippen LogP contribution in [0.5, 0.6) is 0 Å². The summed E-state index contributed by atoms with van der Waals surface area (Å²) in [5.74, 6) is -0.936. The Labute approximate surface area is 514 Å². The second-order valence-corrected chi connectivity index (χ2v) is 23.4. The fourth-order valence-corrected chi connectivity index (χ4v) is 10.0. The lowest BCUT2D eigenvalue weighted by atomic mass is 10.0. The first-order valence-corrected chi connectivity index (χ1v) is 35.4. The summed E-state index contributed by atoms with van der Waals surface area (Å²) in [6.07, 6.45) is 96.8. The van der Waals surface area contributed by atoms with Gasteiger partial charge in [-0.15, -0.1) is 0 Å². The van der Waals surface area contributed by atoms with Crippen LogP contribution in [-0.2, 0) is 28.6 Å². The van der Waals surface area contributed by atoms with E-state index in [9.17, 15) is 14.4 Å². The van der Waals surface area contributed by atoms with Crippen molar-refractivity contribution in [2.24, 2.45) is 0 Å². The number of esters is 3. The zero-order chi connectivity index (χ0) is 59.9. The first-order valence-electron chi connectivity index (χ1n) is 35.4. The molecule has 1 atom stereocenters. The van der Waals surface area contributed by atoms with Crippen molar-refractivity contribution in [3.8, 4) is 0 Å². The second kappa shape index (κ2) is 70.6. The number of ether oxygens (including phenoxy) is 3. The molecular formula is C77H132O6. The summed E-state index contributed by atoms with van der Waals surface area (Å²) < 4.78 is 16.9. The predicted molar refractivity (Wildman–Crippen MR) is 362 cm³/mol. The van der Waals surface area contributed by atoms with Gasteiger partial charge in [-0.05, 0) is 83.5 Å². The van der Waals surface area contributed by atoms with Crippen molar-refractivity contribution in [2.75, 3.05) is 13.2 Å². The first-order chi connectivity index (χ1) is 41.0. The molecule has 0 aliphatic heterocycles. The molecule has 6 nitrogen and oxygen atoms in total. The maximum atomic E-state index is 13.0. The van der Waals surface area contributed by atoms with Gasteiger partial charge in [-0.25, -0.2) is 0 Å². The average Bonchev–Trinajstić information content (AvgIpc) is 3.49. The minimum Gasteiger partial charge on any atom is -0.462 e. The highest BCUT2D eigenvalue weighted by Crippen LogP contribution is 2.18. The van der Waals surface area contributed by atoms with Gasteiger partial charge in [0.1, 0.15) is 13.2 Å². The van der Waals surface area contributed by atoms with Gasteiger partial charge in [0, 0.05) is 19.3 Å². The largest absolute Gasteiger partial charge is 0.462 e. The van der Waals surface area contributed by atoms with Crippen LogP contribution in [0.15, 0.2) is 109 Å². The zero-order valence-electron chi connectivity index (χ0n) is 54.7. The van der Waals surface area contributed by atoms with E-state index in [1.54, 1.807) is 0 Å². The molecule has 0 heterocycles. The highest BCUT2D eigenvalue weighted by molar-refractivity contribution is 5.71. The SMILES string of the molecule is CC/C=C\C/C=C\C/C=C\C/C=C\C/C=C\C/C=C\C/C=C\C/C=C\C/C=C\CCCC(=O)OCC(COC(=O)CCCCCCCCCCCCCCCCCCC)OC(=O)CCCCCCCCCCCCCCCCCCCCC. The van der Waals surface area contributed by atoms with E-state index in [1.807, 2.05) is 0 Å². The second-order valence-electron chi connectivity index (χ2n) is 23.4. The Bertz CT molecular complexity index is 1660. The van der Waals surface area contributed by atoms with Crippen LogP contribution in [0.25, 0.3) is 0 Å². The summed E-state index contributed by atoms with van der Waals surface area (Å²) in [6.45, 7) is 6.53. The molecule has 0 aromatic carbocycles. The van der Waals surface area contributed by atoms with Crippen LogP contribution in [0.3, 0.4) is 0 Å². The number of allylic oxidation sites excluding steroid dienone is 18. The smallest absolute Gasteiger partial charge is 0.306 e. The number of unbranched alkanes of at least 4 members (excludes halogenated alkanes) is 35. The number of carbonyl (C=O) groups is 3. The van der Waals surface area contributed by atoms with Crippen molar-refractivity contribution >= 4 is 17.9 Å². The summed E-state index contributed by atoms with van der Waals surface area (Å²) in [4.78, 5) is 38.4. The predicted octanol–water partition coefficient (Wildman–Crippen LogP) is 24.6. The van der Waals surface area contributed by atoms with E-state index in [-0.39, 0.29) is 37.5 Å². The van der Waals surface area contributed by atoms with Gasteiger partial charge in [-0.3, -0.25) is 14.4 Å². The van der Waals surface area contributed by atoms with Crippen molar-refractivity contribution in [1.82, 2.24) is 0 Å². The van der Waals surface area contributed by atoms with Crippen molar-refractivity contribution in [1.29, 1.82) is 0 Å². The van der Waals surface area contributed by atoms with E-state index in [4.69, 9.17) is 14.2 Å². The molecule has 0 aromatic rings. The molecule has 6 heteroatoms. The third kappa shape index (κ3) is 68.7. The van der Waals surface area contributed by atoms with Crippen LogP contribution in [-0.4, -0.2) is 37.2 Å². The Hall–Kier alpha value is -3.93. The molecule has 1 unspecified atom stereocenters. The Morgan fingerprint density at radius 2 is 0.470 bits per heavy atom. The van der Waals surface area contributed by atoms with Gasteiger partial charge in [0.15, 0.2) is 6.10 Å². The highest BCUT2D eigenvalue weighted by Gasteiger charge is 2.19. The molecule has 0 radical (unpaired) electrons. The van der Waals surface area contributed by atoms with E-state index < -0.39 is 6.10 Å². The van der Waals surface area contributed by atoms with Gasteiger partial charge in [0.2, 0.25) is 0 Å². The van der Waals surface area contributed by atoms with E-state index in [0.717, 1.165) is 103 Å². The summed E-state index contributed by atoms with van der Waals surface area (Å²) in [7, 11) is 0. The van der Waals surface area contributed by atoms with Crippen LogP contribution in [0, 0.1) is 0 Å². The minimum atomic E-state index is -0.801. The van der Waals surface area contributed by atoms with Crippen molar-refractivity contribution in [3.63, 3.8) is 0 Å². The number of hydrogen-bond donors (Lipinski definition) is 0. The van der Waals surface area contributed by atoms with Crippen molar-refractivity contribution in [3.05, 3.63) is 109 Å². The summed E-state index contributed by atoms with van der Waals surface area (Å²) in [5, 5.41) is 0. The van der Waals surface area contributed by atoms with Crippen LogP contribution in [0.2, 0.25) is 0 Å². The number of hydrogen-bond acceptors (Lipinski definition) is 6. The Morgan fingerprint density at radius 3 is 0.735 bits per heavy atom. The van der Waals surface area contributed by atoms with Crippen LogP contribution in [0.1, 0.15) is 342 Å². The highest BCUT2D eigenvalue weighted by atomic mass is 16.6. The quantitative estimate of drug-likeness (QED) is 0.0261. The van der Waals surface area contributed by atoms with Gasteiger partial charge in [-0.1, -0.05) is 348 Å². The third-order valence-electron chi connectivity index (χ3n) is 15.3. The van der Waals surface area contributed by atoms with E-state index in [2.05, 4.69) is 130 Å². The van der Waals surface area contributed by atoms with Gasteiger partial charge in [-0.2, -0.15) is 0 Å². The lowest BCUT2D eigenvalue weighted by Crippen LogP contribution is -2.30. The maximum absolute atomic E-state index is 13.0. The lowest BCUT2D eigenvalue weighted by Gasteiger charge is -2.18. The van der Waals surface area contributed by atoms with Gasteiger partial charge in [0.25, 0.3) is 0 Å². The molecule has 0 rings (SSSR count). The van der Waals surface area contributed by atoms with Crippen LogP contribution < -0.4 is 0 Å². The molecule has 476 valence electrons. The van der Waals surface area contributed by atoms with Crippen molar-refractivity contribution < 1.29 is 28.6 Å². The molecule has 0 aliphatic carbocycles. The molecule has 0 saturated heterocycles. The number of rotatable bonds is 64. The first kappa shape index (κ1) is 79.1. The van der Waals surface area contributed by atoms with Gasteiger partial charge in [0.05, 0.1) is 0 Å². The lowest BCUT2D eigenvalue weighted by molar-refractivity contribution is -0.167. The summed E-state index contributed by atoms with van der Waals surface area (Å²) in [5.41, 5.74) is 0. The number of carbonyl (C=O) groups excluding carboxylic acids is 3. The normalized spacial score (nSPS) is 12.8. The minimum absolute atomic E-state index is 0.0917. The fourth-order valence-electron chi connectivity index (χ4n) is 10.0. The summed E-state index contributed by atoms with van der Waals surface area (Å²) >= 11 is 0. The standard InChI is InChI=1S/C77H132O6/c1-4-7-10-13-16-19-22-25-28-31-33-34-35-36-37-38-39-40-41-42-44-46-49-52-55-58-61-64-67-70-76(79)82-73-74(72-81-75(78)69-66-63-60-57-54-51-48-45-30-27-24-21-18-15-12-9-6-3)83-77(80)71-68-65-62-59-56-53-50-47-43-32-29-26-23-20-17-14-11-8-5-2/h7,10,16,19,25,28,33-34,36-37,39-40,42,44,49,52,58,61,74H,4-6,8-9,11-15,17-18,20-24,26-27,29-32,35,38,41,43,45-48,50-51,53-57,59-60,62-73H2,1-3H3/b10-7-,19-16-,28-25-,34-33-,37-36-,40-39-,44-42-,52-49-,61-58-. The Morgan fingerprint density at radius 1 is 0.253 bits per heavy atom. The monoisotopic (exact) mass is 1150 g/mol. The average molecular weight is 1150 g/mol. The third-order valence-corrected chi connectivity index (χ3v) is 15.3. The van der Waals surface area contributed by atoms with Gasteiger partial charge < -0.3 is 14.2 Å². The van der Waals surface area contributed by atoms with E-state index in [0.29, 0.717) is 19.3 Å². The molecule has 0 bridgehead atoms. The van der Waals surface area contributed by atoms with Crippen LogP contribution in [0.4, 0.5) is 0 Å². The molecule has 0 spiro atoms. The topological polar surface area (TPSA) is 78.9 Å². The van der Waals surface area contributed by atoms with Crippen molar-refractivity contribution in [2.45, 2.75) is 348 Å². The molecule has 0 fully saturated rings.